The zero-order valence-electron chi connectivity index (χ0n) is 9.97. The lowest BCUT2D eigenvalue weighted by molar-refractivity contribution is 0.0590. The second-order valence-electron chi connectivity index (χ2n) is 3.70. The van der Waals surface area contributed by atoms with Gasteiger partial charge in [-0.3, -0.25) is 0 Å². The standard InChI is InChI=1S/C11H14N4O2/c1-14-5-4-12-11(14)13-8-6-9(10(16)17-3)15(2)7-8/h4-7H,1-3H3,(H,12,13). The highest BCUT2D eigenvalue weighted by Crippen LogP contribution is 2.17. The van der Waals surface area contributed by atoms with Gasteiger partial charge in [0.05, 0.1) is 12.8 Å². The predicted octanol–water partition coefficient (Wildman–Crippen LogP) is 1.29. The number of nitrogens with zero attached hydrogens (tertiary/aromatic N) is 3. The molecule has 0 aliphatic rings. The van der Waals surface area contributed by atoms with Crippen molar-refractivity contribution in [2.45, 2.75) is 0 Å². The van der Waals surface area contributed by atoms with Gasteiger partial charge in [-0.1, -0.05) is 0 Å². The van der Waals surface area contributed by atoms with E-state index in [0.29, 0.717) is 11.6 Å². The largest absolute Gasteiger partial charge is 0.464 e. The molecule has 0 fully saturated rings. The van der Waals surface area contributed by atoms with Crippen molar-refractivity contribution in [3.05, 3.63) is 30.4 Å². The van der Waals surface area contributed by atoms with Crippen LogP contribution in [0, 0.1) is 0 Å². The van der Waals surface area contributed by atoms with E-state index in [1.165, 1.54) is 7.11 Å². The summed E-state index contributed by atoms with van der Waals surface area (Å²) in [6.45, 7) is 0. The van der Waals surface area contributed by atoms with Gasteiger partial charge in [0.2, 0.25) is 5.95 Å². The van der Waals surface area contributed by atoms with Crippen LogP contribution in [0.2, 0.25) is 0 Å². The molecule has 1 N–H and O–H groups in total. The number of hydrogen-bond acceptors (Lipinski definition) is 4. The molecule has 6 nitrogen and oxygen atoms in total. The predicted molar refractivity (Wildman–Crippen MR) is 63.2 cm³/mol. The minimum Gasteiger partial charge on any atom is -0.464 e. The van der Waals surface area contributed by atoms with Crippen LogP contribution in [0.25, 0.3) is 0 Å². The van der Waals surface area contributed by atoms with Crippen molar-refractivity contribution in [1.29, 1.82) is 0 Å². The van der Waals surface area contributed by atoms with Crippen molar-refractivity contribution in [3.8, 4) is 0 Å². The topological polar surface area (TPSA) is 61.1 Å². The first-order chi connectivity index (χ1) is 8.11. The Labute approximate surface area is 98.8 Å². The summed E-state index contributed by atoms with van der Waals surface area (Å²) in [5.41, 5.74) is 1.28. The van der Waals surface area contributed by atoms with E-state index in [2.05, 4.69) is 15.0 Å². The molecule has 0 spiro atoms. The Hall–Kier alpha value is -2.24. The fourth-order valence-corrected chi connectivity index (χ4v) is 1.56. The lowest BCUT2D eigenvalue weighted by atomic mass is 10.4. The van der Waals surface area contributed by atoms with Crippen LogP contribution in [0.1, 0.15) is 10.5 Å². The zero-order chi connectivity index (χ0) is 12.4. The van der Waals surface area contributed by atoms with Gasteiger partial charge in [-0.2, -0.15) is 0 Å². The molecule has 0 saturated carbocycles. The normalized spacial score (nSPS) is 10.3. The van der Waals surface area contributed by atoms with Crippen LogP contribution in [-0.2, 0) is 18.8 Å². The van der Waals surface area contributed by atoms with E-state index in [0.717, 1.165) is 5.69 Å². The molecule has 2 aromatic rings. The summed E-state index contributed by atoms with van der Waals surface area (Å²) in [4.78, 5) is 15.6. The van der Waals surface area contributed by atoms with E-state index < -0.39 is 0 Å². The third kappa shape index (κ3) is 2.15. The van der Waals surface area contributed by atoms with Crippen molar-refractivity contribution in [2.24, 2.45) is 14.1 Å². The molecule has 2 aromatic heterocycles. The molecule has 0 bridgehead atoms. The molecular weight excluding hydrogens is 220 g/mol. The van der Waals surface area contributed by atoms with Crippen molar-refractivity contribution in [2.75, 3.05) is 12.4 Å². The average Bonchev–Trinajstić information content (AvgIpc) is 2.86. The molecule has 0 aliphatic heterocycles. The number of esters is 1. The number of nitrogens with one attached hydrogen (secondary N) is 1. The van der Waals surface area contributed by atoms with Gasteiger partial charge in [0.25, 0.3) is 0 Å². The quantitative estimate of drug-likeness (QED) is 0.813. The number of ether oxygens (including phenoxy) is 1. The number of aryl methyl sites for hydroxylation is 2. The smallest absolute Gasteiger partial charge is 0.354 e. The first-order valence-electron chi connectivity index (χ1n) is 5.11. The van der Waals surface area contributed by atoms with Crippen LogP contribution in [0.4, 0.5) is 11.6 Å². The van der Waals surface area contributed by atoms with Crippen LogP contribution in [0.5, 0.6) is 0 Å². The van der Waals surface area contributed by atoms with Crippen LogP contribution in [-0.4, -0.2) is 27.2 Å². The third-order valence-electron chi connectivity index (χ3n) is 2.48. The molecule has 2 rings (SSSR count). The van der Waals surface area contributed by atoms with Gasteiger partial charge in [0, 0.05) is 32.7 Å². The molecule has 0 amide bonds. The number of hydrogen-bond donors (Lipinski definition) is 1. The fourth-order valence-electron chi connectivity index (χ4n) is 1.56. The monoisotopic (exact) mass is 234 g/mol. The maximum absolute atomic E-state index is 11.4. The number of methoxy groups -OCH3 is 1. The minimum atomic E-state index is -0.361. The molecular formula is C11H14N4O2. The van der Waals surface area contributed by atoms with Gasteiger partial charge in [0.1, 0.15) is 5.69 Å². The van der Waals surface area contributed by atoms with Crippen molar-refractivity contribution < 1.29 is 9.53 Å². The van der Waals surface area contributed by atoms with Gasteiger partial charge in [-0.25, -0.2) is 9.78 Å². The number of rotatable bonds is 3. The number of carbonyl (C=O) groups is 1. The number of imidazole rings is 1. The second kappa shape index (κ2) is 4.32. The first-order valence-corrected chi connectivity index (χ1v) is 5.11. The van der Waals surface area contributed by atoms with E-state index in [-0.39, 0.29) is 5.97 Å². The third-order valence-corrected chi connectivity index (χ3v) is 2.48. The molecule has 0 saturated heterocycles. The Morgan fingerprint density at radius 1 is 1.41 bits per heavy atom. The summed E-state index contributed by atoms with van der Waals surface area (Å²) in [5, 5.41) is 3.12. The summed E-state index contributed by atoms with van der Waals surface area (Å²) in [5.74, 6) is 0.354. The van der Waals surface area contributed by atoms with Gasteiger partial charge >= 0.3 is 5.97 Å². The Bertz CT molecular complexity index is 541. The Balaban J connectivity index is 2.24. The summed E-state index contributed by atoms with van der Waals surface area (Å²) in [6.07, 6.45) is 5.35. The van der Waals surface area contributed by atoms with Gasteiger partial charge in [-0.15, -0.1) is 0 Å². The lowest BCUT2D eigenvalue weighted by Crippen LogP contribution is -2.06. The SMILES string of the molecule is COC(=O)c1cc(Nc2nccn2C)cn1C. The summed E-state index contributed by atoms with van der Waals surface area (Å²) < 4.78 is 8.24. The lowest BCUT2D eigenvalue weighted by Gasteiger charge is -2.02. The number of aromatic nitrogens is 3. The summed E-state index contributed by atoms with van der Waals surface area (Å²) in [7, 11) is 5.04. The van der Waals surface area contributed by atoms with E-state index in [9.17, 15) is 4.79 Å². The number of carbonyl (C=O) groups excluding carboxylic acids is 1. The second-order valence-corrected chi connectivity index (χ2v) is 3.70. The highest BCUT2D eigenvalue weighted by molar-refractivity contribution is 5.89. The van der Waals surface area contributed by atoms with Crippen molar-refractivity contribution >= 4 is 17.6 Å². The summed E-state index contributed by atoms with van der Waals surface area (Å²) in [6, 6.07) is 1.72. The molecule has 0 unspecified atom stereocenters. The average molecular weight is 234 g/mol. The van der Waals surface area contributed by atoms with Crippen LogP contribution >= 0.6 is 0 Å². The molecule has 2 heterocycles. The fraction of sp³-hybridized carbons (Fsp3) is 0.273. The molecule has 17 heavy (non-hydrogen) atoms. The van der Waals surface area contributed by atoms with Gasteiger partial charge in [0.15, 0.2) is 0 Å². The first kappa shape index (κ1) is 11.3. The Kier molecular flexibility index (Phi) is 2.86. The maximum atomic E-state index is 11.4. The molecule has 0 aliphatic carbocycles. The maximum Gasteiger partial charge on any atom is 0.354 e. The minimum absolute atomic E-state index is 0.361. The van der Waals surface area contributed by atoms with Crippen LogP contribution in [0.3, 0.4) is 0 Å². The van der Waals surface area contributed by atoms with E-state index in [1.807, 2.05) is 17.8 Å². The zero-order valence-corrected chi connectivity index (χ0v) is 9.97. The van der Waals surface area contributed by atoms with Gasteiger partial charge in [-0.05, 0) is 6.07 Å². The summed E-state index contributed by atoms with van der Waals surface area (Å²) >= 11 is 0. The highest BCUT2D eigenvalue weighted by Gasteiger charge is 2.12. The van der Waals surface area contributed by atoms with Crippen LogP contribution < -0.4 is 5.32 Å². The van der Waals surface area contributed by atoms with E-state index in [1.54, 1.807) is 30.1 Å². The molecule has 0 aromatic carbocycles. The van der Waals surface area contributed by atoms with Crippen LogP contribution in [0.15, 0.2) is 24.7 Å². The molecule has 0 atom stereocenters. The Morgan fingerprint density at radius 2 is 2.18 bits per heavy atom. The molecule has 6 heteroatoms. The highest BCUT2D eigenvalue weighted by atomic mass is 16.5. The van der Waals surface area contributed by atoms with Crippen molar-refractivity contribution in [1.82, 2.24) is 14.1 Å². The number of anilines is 2. The van der Waals surface area contributed by atoms with Crippen molar-refractivity contribution in [3.63, 3.8) is 0 Å². The Morgan fingerprint density at radius 3 is 2.76 bits per heavy atom. The molecule has 90 valence electrons. The van der Waals surface area contributed by atoms with E-state index in [4.69, 9.17) is 0 Å². The van der Waals surface area contributed by atoms with E-state index >= 15 is 0 Å². The molecule has 0 radical (unpaired) electrons. The van der Waals surface area contributed by atoms with Gasteiger partial charge < -0.3 is 19.2 Å².